The number of hydrogen-bond donors (Lipinski definition) is 1. The van der Waals surface area contributed by atoms with E-state index in [1.54, 1.807) is 0 Å². The summed E-state index contributed by atoms with van der Waals surface area (Å²) in [6.45, 7) is 0. The molecule has 3 rings (SSSR count). The number of nitrogens with zero attached hydrogens (tertiary/aromatic N) is 2. The van der Waals surface area contributed by atoms with Crippen LogP contribution in [0.1, 0.15) is 18.4 Å². The highest BCUT2D eigenvalue weighted by Gasteiger charge is 2.42. The van der Waals surface area contributed by atoms with Gasteiger partial charge in [0.05, 0.1) is 11.1 Å². The molecule has 1 N–H and O–H groups in total. The van der Waals surface area contributed by atoms with Crippen LogP contribution in [0.3, 0.4) is 0 Å². The predicted octanol–water partition coefficient (Wildman–Crippen LogP) is 2.32. The Morgan fingerprint density at radius 1 is 1.47 bits per heavy atom. The number of benzene rings is 1. The van der Waals surface area contributed by atoms with Crippen LogP contribution in [0.25, 0.3) is 10.9 Å². The van der Waals surface area contributed by atoms with Crippen molar-refractivity contribution in [2.75, 3.05) is 0 Å². The largest absolute Gasteiger partial charge is 0.385 e. The Labute approximate surface area is 95.8 Å². The second-order valence-corrected chi connectivity index (χ2v) is 4.93. The molecule has 0 amide bonds. The molecule has 1 aliphatic rings. The van der Waals surface area contributed by atoms with Gasteiger partial charge in [-0.3, -0.25) is 4.68 Å². The molecule has 0 spiro atoms. The van der Waals surface area contributed by atoms with Crippen molar-refractivity contribution in [3.05, 3.63) is 28.4 Å². The summed E-state index contributed by atoms with van der Waals surface area (Å²) in [4.78, 5) is 0. The predicted molar refractivity (Wildman–Crippen MR) is 61.5 cm³/mol. The van der Waals surface area contributed by atoms with E-state index in [0.717, 1.165) is 33.9 Å². The van der Waals surface area contributed by atoms with E-state index in [1.807, 2.05) is 29.9 Å². The van der Waals surface area contributed by atoms with E-state index >= 15 is 0 Å². The van der Waals surface area contributed by atoms with Gasteiger partial charge in [0.15, 0.2) is 0 Å². The first-order chi connectivity index (χ1) is 7.10. The van der Waals surface area contributed by atoms with E-state index in [-0.39, 0.29) is 0 Å². The first-order valence-electron chi connectivity index (χ1n) is 4.95. The molecule has 0 radical (unpaired) electrons. The molecule has 3 nitrogen and oxygen atoms in total. The molecule has 0 bridgehead atoms. The van der Waals surface area contributed by atoms with Crippen molar-refractivity contribution in [1.82, 2.24) is 9.78 Å². The number of hydrogen-bond acceptors (Lipinski definition) is 2. The quantitative estimate of drug-likeness (QED) is 0.861. The molecule has 0 atom stereocenters. The molecule has 1 fully saturated rings. The maximum Gasteiger partial charge on any atom is 0.135 e. The zero-order chi connectivity index (χ0) is 10.6. The third kappa shape index (κ3) is 1.32. The third-order valence-corrected chi connectivity index (χ3v) is 3.65. The molecule has 78 valence electrons. The van der Waals surface area contributed by atoms with E-state index in [4.69, 9.17) is 0 Å². The van der Waals surface area contributed by atoms with Gasteiger partial charge in [0, 0.05) is 12.4 Å². The van der Waals surface area contributed by atoms with E-state index in [2.05, 4.69) is 21.0 Å². The van der Waals surface area contributed by atoms with E-state index in [9.17, 15) is 5.11 Å². The van der Waals surface area contributed by atoms with Crippen LogP contribution in [-0.2, 0) is 12.6 Å². The molecule has 1 heterocycles. The molecule has 4 heteroatoms. The van der Waals surface area contributed by atoms with Gasteiger partial charge in [-0.1, -0.05) is 6.07 Å². The van der Waals surface area contributed by atoms with Crippen LogP contribution < -0.4 is 0 Å². The van der Waals surface area contributed by atoms with Gasteiger partial charge < -0.3 is 5.11 Å². The van der Waals surface area contributed by atoms with E-state index < -0.39 is 5.60 Å². The average Bonchev–Trinajstić information content (AvgIpc) is 2.90. The molecule has 1 aliphatic carbocycles. The molecule has 0 aliphatic heterocycles. The molecular weight excluding hydrogens is 256 g/mol. The zero-order valence-corrected chi connectivity index (χ0v) is 9.95. The summed E-state index contributed by atoms with van der Waals surface area (Å²) in [6.07, 6.45) is 1.74. The number of aryl methyl sites for hydroxylation is 1. The Hall–Kier alpha value is -0.870. The Balaban J connectivity index is 2.25. The van der Waals surface area contributed by atoms with Gasteiger partial charge in [-0.25, -0.2) is 0 Å². The normalized spacial score (nSPS) is 18.3. The summed E-state index contributed by atoms with van der Waals surface area (Å²) in [6, 6.07) is 6.03. The number of fused-ring (bicyclic) bond motifs is 1. The van der Waals surface area contributed by atoms with Crippen molar-refractivity contribution in [2.45, 2.75) is 18.4 Å². The summed E-state index contributed by atoms with van der Waals surface area (Å²) in [7, 11) is 1.92. The number of aromatic nitrogens is 2. The van der Waals surface area contributed by atoms with Crippen molar-refractivity contribution >= 4 is 26.8 Å². The maximum absolute atomic E-state index is 10.0. The van der Waals surface area contributed by atoms with Gasteiger partial charge in [0.25, 0.3) is 0 Å². The van der Waals surface area contributed by atoms with Crippen LogP contribution in [0.5, 0.6) is 0 Å². The van der Waals surface area contributed by atoms with Gasteiger partial charge >= 0.3 is 0 Å². The first kappa shape index (κ1) is 9.36. The smallest absolute Gasteiger partial charge is 0.135 e. The van der Waals surface area contributed by atoms with Crippen molar-refractivity contribution in [1.29, 1.82) is 0 Å². The lowest BCUT2D eigenvalue weighted by atomic mass is 10.1. The summed E-state index contributed by atoms with van der Waals surface area (Å²) in [5.41, 5.74) is 1.52. The molecular formula is C11H11BrN2O. The van der Waals surface area contributed by atoms with Crippen molar-refractivity contribution in [3.63, 3.8) is 0 Å². The van der Waals surface area contributed by atoms with Crippen LogP contribution in [0.2, 0.25) is 0 Å². The lowest BCUT2D eigenvalue weighted by Crippen LogP contribution is -2.03. The summed E-state index contributed by atoms with van der Waals surface area (Å²) >= 11 is 3.43. The van der Waals surface area contributed by atoms with E-state index in [0.29, 0.717) is 0 Å². The minimum atomic E-state index is -0.566. The minimum absolute atomic E-state index is 0.566. The number of halogens is 1. The van der Waals surface area contributed by atoms with Crippen molar-refractivity contribution in [3.8, 4) is 0 Å². The molecule has 2 aromatic rings. The van der Waals surface area contributed by atoms with Crippen LogP contribution in [0.4, 0.5) is 0 Å². The Morgan fingerprint density at radius 2 is 2.20 bits per heavy atom. The summed E-state index contributed by atoms with van der Waals surface area (Å²) in [5.74, 6) is 0. The highest BCUT2D eigenvalue weighted by Crippen LogP contribution is 2.46. The van der Waals surface area contributed by atoms with Crippen molar-refractivity contribution < 1.29 is 5.11 Å². The summed E-state index contributed by atoms with van der Waals surface area (Å²) in [5, 5.41) is 15.4. The topological polar surface area (TPSA) is 38.0 Å². The van der Waals surface area contributed by atoms with Gasteiger partial charge in [-0.05, 0) is 46.5 Å². The molecule has 0 saturated heterocycles. The average molecular weight is 267 g/mol. The van der Waals surface area contributed by atoms with Crippen LogP contribution >= 0.6 is 15.9 Å². The second kappa shape index (κ2) is 2.83. The lowest BCUT2D eigenvalue weighted by Gasteiger charge is -2.07. The Bertz CT molecular complexity index is 543. The Morgan fingerprint density at radius 3 is 2.87 bits per heavy atom. The minimum Gasteiger partial charge on any atom is -0.385 e. The number of rotatable bonds is 1. The van der Waals surface area contributed by atoms with Crippen LogP contribution in [0, 0.1) is 0 Å². The fourth-order valence-corrected chi connectivity index (χ4v) is 2.47. The third-order valence-electron chi connectivity index (χ3n) is 3.07. The number of aliphatic hydroxyl groups is 1. The molecule has 1 saturated carbocycles. The van der Waals surface area contributed by atoms with Gasteiger partial charge in [0.1, 0.15) is 4.60 Å². The zero-order valence-electron chi connectivity index (χ0n) is 8.37. The van der Waals surface area contributed by atoms with Crippen LogP contribution in [0.15, 0.2) is 22.8 Å². The highest BCUT2D eigenvalue weighted by molar-refractivity contribution is 9.10. The van der Waals surface area contributed by atoms with Crippen molar-refractivity contribution in [2.24, 2.45) is 7.05 Å². The first-order valence-corrected chi connectivity index (χ1v) is 5.75. The molecule has 1 aromatic heterocycles. The fourth-order valence-electron chi connectivity index (χ4n) is 1.92. The monoisotopic (exact) mass is 266 g/mol. The Kier molecular flexibility index (Phi) is 1.77. The second-order valence-electron chi connectivity index (χ2n) is 4.18. The molecule has 15 heavy (non-hydrogen) atoms. The summed E-state index contributed by atoms with van der Waals surface area (Å²) < 4.78 is 2.67. The maximum atomic E-state index is 10.0. The lowest BCUT2D eigenvalue weighted by molar-refractivity contribution is 0.151. The molecule has 0 unspecified atom stereocenters. The highest BCUT2D eigenvalue weighted by atomic mass is 79.9. The van der Waals surface area contributed by atoms with E-state index in [1.165, 1.54) is 0 Å². The van der Waals surface area contributed by atoms with Gasteiger partial charge in [-0.2, -0.15) is 5.10 Å². The van der Waals surface area contributed by atoms with Gasteiger partial charge in [0.2, 0.25) is 0 Å². The van der Waals surface area contributed by atoms with Crippen LogP contribution in [-0.4, -0.2) is 14.9 Å². The fraction of sp³-hybridized carbons (Fsp3) is 0.364. The van der Waals surface area contributed by atoms with Gasteiger partial charge in [-0.15, -0.1) is 0 Å². The SMILES string of the molecule is Cn1nc(Br)c2cc(C3(O)CC3)ccc21. The molecule has 1 aromatic carbocycles. The standard InChI is InChI=1S/C11H11BrN2O/c1-14-9-3-2-7(11(15)4-5-11)6-8(9)10(12)13-14/h2-3,6,15H,4-5H2,1H3.